The van der Waals surface area contributed by atoms with Gasteiger partial charge in [0, 0.05) is 0 Å². The van der Waals surface area contributed by atoms with Crippen LogP contribution in [0.1, 0.15) is 24.6 Å². The number of halogens is 3. The predicted molar refractivity (Wildman–Crippen MR) is 73.4 cm³/mol. The van der Waals surface area contributed by atoms with E-state index in [0.29, 0.717) is 21.4 Å². The third kappa shape index (κ3) is 1.96. The molecule has 1 aromatic carbocycles. The number of hydrogen-bond donors (Lipinski definition) is 1. The van der Waals surface area contributed by atoms with Crippen molar-refractivity contribution in [3.63, 3.8) is 0 Å². The first-order valence-electron chi connectivity index (χ1n) is 5.86. The van der Waals surface area contributed by atoms with Crippen LogP contribution in [0.4, 0.5) is 4.39 Å². The molecule has 1 saturated carbocycles. The van der Waals surface area contributed by atoms with Crippen LogP contribution in [-0.2, 0) is 0 Å². The maximum Gasteiger partial charge on any atom is 0.152 e. The lowest BCUT2D eigenvalue weighted by atomic mass is 10.1. The summed E-state index contributed by atoms with van der Waals surface area (Å²) in [5, 5.41) is 3.77. The zero-order valence-corrected chi connectivity index (χ0v) is 12.1. The Kier molecular flexibility index (Phi) is 3.12. The van der Waals surface area contributed by atoms with Crippen molar-refractivity contribution in [3.05, 3.63) is 33.2 Å². The Labute approximate surface area is 118 Å². The van der Waals surface area contributed by atoms with Crippen molar-refractivity contribution < 1.29 is 8.81 Å². The van der Waals surface area contributed by atoms with Crippen LogP contribution in [0.5, 0.6) is 0 Å². The summed E-state index contributed by atoms with van der Waals surface area (Å²) in [6, 6.07) is 3.43. The molecule has 0 saturated heterocycles. The largest absolute Gasteiger partial charge is 0.458 e. The van der Waals surface area contributed by atoms with Gasteiger partial charge in [-0.05, 0) is 53.9 Å². The van der Waals surface area contributed by atoms with Crippen molar-refractivity contribution in [1.29, 1.82) is 0 Å². The van der Waals surface area contributed by atoms with Crippen LogP contribution in [0.3, 0.4) is 0 Å². The summed E-state index contributed by atoms with van der Waals surface area (Å²) in [6.45, 7) is 0. The molecule has 1 N–H and O–H groups in total. The Morgan fingerprint density at radius 2 is 2.22 bits per heavy atom. The van der Waals surface area contributed by atoms with Gasteiger partial charge in [-0.15, -0.1) is 0 Å². The van der Waals surface area contributed by atoms with Crippen LogP contribution in [-0.4, -0.2) is 7.05 Å². The molecule has 18 heavy (non-hydrogen) atoms. The van der Waals surface area contributed by atoms with E-state index in [4.69, 9.17) is 16.0 Å². The summed E-state index contributed by atoms with van der Waals surface area (Å²) in [5.41, 5.74) is 0.521. The van der Waals surface area contributed by atoms with E-state index in [-0.39, 0.29) is 11.1 Å². The third-order valence-electron chi connectivity index (χ3n) is 3.38. The van der Waals surface area contributed by atoms with Gasteiger partial charge in [0.2, 0.25) is 0 Å². The Hall–Kier alpha value is -0.580. The summed E-state index contributed by atoms with van der Waals surface area (Å²) in [5.74, 6) is 0.945. The van der Waals surface area contributed by atoms with E-state index in [1.165, 1.54) is 18.9 Å². The normalized spacial score (nSPS) is 17.3. The van der Waals surface area contributed by atoms with Gasteiger partial charge in [0.1, 0.15) is 5.76 Å². The smallest absolute Gasteiger partial charge is 0.152 e. The van der Waals surface area contributed by atoms with Gasteiger partial charge in [-0.25, -0.2) is 4.39 Å². The number of hydrogen-bond acceptors (Lipinski definition) is 2. The van der Waals surface area contributed by atoms with E-state index in [1.54, 1.807) is 6.07 Å². The number of fused-ring (bicyclic) bond motifs is 1. The topological polar surface area (TPSA) is 25.2 Å². The van der Waals surface area contributed by atoms with Crippen LogP contribution in [0.2, 0.25) is 5.02 Å². The summed E-state index contributed by atoms with van der Waals surface area (Å²) in [4.78, 5) is 0. The average molecular weight is 333 g/mol. The standard InChI is InChI=1S/C13H12BrClFNO/c1-17-12(6-2-3-6)10-4-7-11(16)9(15)5-8(14)13(7)18-10/h4-6,12,17H,2-3H2,1H3. The highest BCUT2D eigenvalue weighted by atomic mass is 79.9. The second-order valence-electron chi connectivity index (χ2n) is 4.65. The minimum Gasteiger partial charge on any atom is -0.458 e. The molecule has 0 aliphatic heterocycles. The quantitative estimate of drug-likeness (QED) is 0.827. The highest BCUT2D eigenvalue weighted by Gasteiger charge is 2.33. The zero-order valence-electron chi connectivity index (χ0n) is 9.77. The summed E-state index contributed by atoms with van der Waals surface area (Å²) >= 11 is 9.18. The lowest BCUT2D eigenvalue weighted by Crippen LogP contribution is -2.17. The fourth-order valence-corrected chi connectivity index (χ4v) is 3.18. The van der Waals surface area contributed by atoms with E-state index in [2.05, 4.69) is 21.2 Å². The van der Waals surface area contributed by atoms with E-state index < -0.39 is 5.82 Å². The Bertz CT molecular complexity index is 609. The second kappa shape index (κ2) is 4.51. The summed E-state index contributed by atoms with van der Waals surface area (Å²) in [6.07, 6.45) is 2.37. The van der Waals surface area contributed by atoms with Gasteiger partial charge in [0.25, 0.3) is 0 Å². The molecule has 3 rings (SSSR count). The Balaban J connectivity index is 2.15. The first kappa shape index (κ1) is 12.5. The highest BCUT2D eigenvalue weighted by Crippen LogP contribution is 2.43. The van der Waals surface area contributed by atoms with Crippen LogP contribution >= 0.6 is 27.5 Å². The molecule has 0 spiro atoms. The zero-order chi connectivity index (χ0) is 12.9. The number of benzene rings is 1. The predicted octanol–water partition coefficient (Wildman–Crippen LogP) is 4.66. The van der Waals surface area contributed by atoms with E-state index in [1.807, 2.05) is 7.05 Å². The third-order valence-corrected chi connectivity index (χ3v) is 4.24. The van der Waals surface area contributed by atoms with Gasteiger partial charge >= 0.3 is 0 Å². The average Bonchev–Trinajstić information content (AvgIpc) is 3.06. The van der Waals surface area contributed by atoms with Crippen molar-refractivity contribution in [3.8, 4) is 0 Å². The molecule has 2 aromatic rings. The molecule has 1 unspecified atom stereocenters. The first-order chi connectivity index (χ1) is 8.61. The summed E-state index contributed by atoms with van der Waals surface area (Å²) in [7, 11) is 1.90. The molecule has 1 aliphatic carbocycles. The SMILES string of the molecule is CNC(c1cc2c(F)c(Cl)cc(Br)c2o1)C1CC1. The van der Waals surface area contributed by atoms with Crippen molar-refractivity contribution in [2.45, 2.75) is 18.9 Å². The number of rotatable bonds is 3. The molecule has 1 heterocycles. The molecule has 96 valence electrons. The van der Waals surface area contributed by atoms with Gasteiger partial charge in [-0.3, -0.25) is 0 Å². The fourth-order valence-electron chi connectivity index (χ4n) is 2.31. The van der Waals surface area contributed by atoms with E-state index >= 15 is 0 Å². The van der Waals surface area contributed by atoms with Crippen molar-refractivity contribution in [2.75, 3.05) is 7.05 Å². The van der Waals surface area contributed by atoms with Crippen LogP contribution in [0.15, 0.2) is 21.0 Å². The minimum absolute atomic E-state index is 0.106. The molecule has 1 aromatic heterocycles. The van der Waals surface area contributed by atoms with Crippen molar-refractivity contribution in [2.24, 2.45) is 5.92 Å². The van der Waals surface area contributed by atoms with Gasteiger partial charge in [0.05, 0.1) is 20.9 Å². The number of nitrogens with one attached hydrogen (secondary N) is 1. The lowest BCUT2D eigenvalue weighted by molar-refractivity contribution is 0.419. The lowest BCUT2D eigenvalue weighted by Gasteiger charge is -2.11. The summed E-state index contributed by atoms with van der Waals surface area (Å²) < 4.78 is 20.4. The van der Waals surface area contributed by atoms with Gasteiger partial charge in [-0.1, -0.05) is 11.6 Å². The first-order valence-corrected chi connectivity index (χ1v) is 7.03. The Morgan fingerprint density at radius 1 is 1.50 bits per heavy atom. The van der Waals surface area contributed by atoms with Crippen LogP contribution in [0, 0.1) is 11.7 Å². The van der Waals surface area contributed by atoms with Crippen molar-refractivity contribution in [1.82, 2.24) is 5.32 Å². The second-order valence-corrected chi connectivity index (χ2v) is 5.91. The Morgan fingerprint density at radius 3 is 2.83 bits per heavy atom. The maximum absolute atomic E-state index is 13.9. The van der Waals surface area contributed by atoms with Crippen molar-refractivity contribution >= 4 is 38.5 Å². The van der Waals surface area contributed by atoms with Gasteiger partial charge in [0.15, 0.2) is 11.4 Å². The molecular weight excluding hydrogens is 321 g/mol. The van der Waals surface area contributed by atoms with E-state index in [9.17, 15) is 4.39 Å². The fraction of sp³-hybridized carbons (Fsp3) is 0.385. The molecule has 0 bridgehead atoms. The molecule has 0 amide bonds. The van der Waals surface area contributed by atoms with Gasteiger partial charge in [-0.2, -0.15) is 0 Å². The van der Waals surface area contributed by atoms with Gasteiger partial charge < -0.3 is 9.73 Å². The molecule has 2 nitrogen and oxygen atoms in total. The molecule has 5 heteroatoms. The highest BCUT2D eigenvalue weighted by molar-refractivity contribution is 9.10. The molecular formula is C13H12BrClFNO. The molecule has 1 fully saturated rings. The van der Waals surface area contributed by atoms with Crippen LogP contribution in [0.25, 0.3) is 11.0 Å². The van der Waals surface area contributed by atoms with Crippen LogP contribution < -0.4 is 5.32 Å². The monoisotopic (exact) mass is 331 g/mol. The molecule has 1 aliphatic rings. The molecule has 0 radical (unpaired) electrons. The minimum atomic E-state index is -0.421. The maximum atomic E-state index is 13.9. The molecule has 1 atom stereocenters. The number of furan rings is 1. The van der Waals surface area contributed by atoms with E-state index in [0.717, 1.165) is 5.76 Å².